The highest BCUT2D eigenvalue weighted by molar-refractivity contribution is 6.22. The lowest BCUT2D eigenvalue weighted by atomic mass is 9.85. The molecule has 0 spiro atoms. The lowest BCUT2D eigenvalue weighted by molar-refractivity contribution is 0.671. The number of rotatable bonds is 8. The van der Waals surface area contributed by atoms with E-state index in [4.69, 9.17) is 4.42 Å². The third-order valence-electron chi connectivity index (χ3n) is 15.5. The highest BCUT2D eigenvalue weighted by atomic mass is 16.3. The van der Waals surface area contributed by atoms with Crippen LogP contribution < -0.4 is 0 Å². The second-order valence-corrected chi connectivity index (χ2v) is 19.9. The lowest BCUT2D eigenvalue weighted by Gasteiger charge is -2.19. The Bertz CT molecular complexity index is 4710. The molecule has 0 N–H and O–H groups in total. The first-order valence-electron chi connectivity index (χ1n) is 26.1. The van der Waals surface area contributed by atoms with Gasteiger partial charge in [0.2, 0.25) is 0 Å². The minimum Gasteiger partial charge on any atom is -0.455 e. The van der Waals surface area contributed by atoms with Crippen LogP contribution in [-0.4, -0.2) is 4.57 Å². The van der Waals surface area contributed by atoms with Crippen molar-refractivity contribution in [2.45, 2.75) is 0 Å². The molecule has 2 nitrogen and oxygen atoms in total. The Balaban J connectivity index is 0.916. The molecule has 0 saturated carbocycles. The zero-order valence-corrected chi connectivity index (χ0v) is 41.5. The first-order chi connectivity index (χ1) is 37.7. The molecular weight excluding hydrogens is 919 g/mol. The van der Waals surface area contributed by atoms with Crippen molar-refractivity contribution in [2.24, 2.45) is 0 Å². The largest absolute Gasteiger partial charge is 0.455 e. The van der Waals surface area contributed by atoms with Crippen LogP contribution in [0.15, 0.2) is 290 Å². The molecule has 2 aromatic heterocycles. The topological polar surface area (TPSA) is 18.1 Å². The van der Waals surface area contributed by atoms with Crippen molar-refractivity contribution < 1.29 is 4.42 Å². The molecule has 354 valence electrons. The van der Waals surface area contributed by atoms with Crippen LogP contribution in [0, 0.1) is 0 Å². The van der Waals surface area contributed by atoms with Crippen molar-refractivity contribution in [2.75, 3.05) is 0 Å². The highest BCUT2D eigenvalue weighted by Crippen LogP contribution is 2.48. The molecular formula is C74H47NO. The van der Waals surface area contributed by atoms with Crippen LogP contribution >= 0.6 is 0 Å². The molecule has 2 heterocycles. The summed E-state index contributed by atoms with van der Waals surface area (Å²) in [5.74, 6) is 0. The van der Waals surface area contributed by atoms with E-state index in [2.05, 4.69) is 290 Å². The fourth-order valence-corrected chi connectivity index (χ4v) is 12.1. The molecule has 0 saturated heterocycles. The number of para-hydroxylation sites is 1. The zero-order valence-electron chi connectivity index (χ0n) is 41.5. The van der Waals surface area contributed by atoms with Crippen LogP contribution in [0.4, 0.5) is 0 Å². The van der Waals surface area contributed by atoms with E-state index in [1.165, 1.54) is 65.7 Å². The van der Waals surface area contributed by atoms with E-state index in [9.17, 15) is 0 Å². The maximum absolute atomic E-state index is 7.24. The first kappa shape index (κ1) is 43.6. The van der Waals surface area contributed by atoms with Crippen molar-refractivity contribution in [3.05, 3.63) is 285 Å². The van der Waals surface area contributed by atoms with E-state index in [0.29, 0.717) is 0 Å². The second-order valence-electron chi connectivity index (χ2n) is 19.9. The standard InChI is InChI=1S/C74H47NO/c1-6-21-48(22-7-1)56-44-63(50-25-10-3-11-26-50)73-67(46-56)68-47-57(49-23-8-2-9-24-49)45-64(74(68)76-73)55-38-40-70-65(43-55)59-33-18-19-36-69(59)75(70)58-32-20-31-53(41-58)54-37-39-62-66(42-54)72(52-29-14-5-15-30-52)61-35-17-16-34-60(61)71(62)51-27-12-4-13-28-51/h1-47H. The van der Waals surface area contributed by atoms with E-state index < -0.39 is 0 Å². The smallest absolute Gasteiger partial charge is 0.143 e. The Morgan fingerprint density at radius 2 is 0.618 bits per heavy atom. The Labute approximate surface area is 440 Å². The van der Waals surface area contributed by atoms with Crippen LogP contribution in [0.25, 0.3) is 149 Å². The average Bonchev–Trinajstić information content (AvgIpc) is 4.13. The van der Waals surface area contributed by atoms with Gasteiger partial charge in [-0.2, -0.15) is 0 Å². The molecule has 76 heavy (non-hydrogen) atoms. The van der Waals surface area contributed by atoms with Gasteiger partial charge in [0.1, 0.15) is 11.2 Å². The highest BCUT2D eigenvalue weighted by Gasteiger charge is 2.22. The van der Waals surface area contributed by atoms with Crippen molar-refractivity contribution in [1.29, 1.82) is 0 Å². The van der Waals surface area contributed by atoms with Gasteiger partial charge >= 0.3 is 0 Å². The molecule has 15 aromatic rings. The van der Waals surface area contributed by atoms with E-state index >= 15 is 0 Å². The number of hydrogen-bond acceptors (Lipinski definition) is 1. The Hall–Kier alpha value is -10.0. The van der Waals surface area contributed by atoms with Crippen molar-refractivity contribution >= 4 is 65.3 Å². The summed E-state index contributed by atoms with van der Waals surface area (Å²) >= 11 is 0. The normalized spacial score (nSPS) is 11.7. The molecule has 0 atom stereocenters. The Morgan fingerprint density at radius 1 is 0.211 bits per heavy atom. The first-order valence-corrected chi connectivity index (χ1v) is 26.1. The predicted molar refractivity (Wildman–Crippen MR) is 321 cm³/mol. The van der Waals surface area contributed by atoms with Gasteiger partial charge in [-0.3, -0.25) is 0 Å². The average molecular weight is 966 g/mol. The van der Waals surface area contributed by atoms with E-state index in [0.717, 1.165) is 83.2 Å². The number of nitrogens with zero attached hydrogens (tertiary/aromatic N) is 1. The number of hydrogen-bond donors (Lipinski definition) is 0. The summed E-state index contributed by atoms with van der Waals surface area (Å²) in [4.78, 5) is 0. The summed E-state index contributed by atoms with van der Waals surface area (Å²) in [6.07, 6.45) is 0. The zero-order chi connectivity index (χ0) is 50.1. The van der Waals surface area contributed by atoms with Gasteiger partial charge in [0, 0.05) is 38.4 Å². The Kier molecular flexibility index (Phi) is 10.2. The van der Waals surface area contributed by atoms with E-state index in [-0.39, 0.29) is 0 Å². The number of aromatic nitrogens is 1. The molecule has 2 heteroatoms. The molecule has 0 unspecified atom stereocenters. The minimum atomic E-state index is 0.877. The Morgan fingerprint density at radius 3 is 1.21 bits per heavy atom. The lowest BCUT2D eigenvalue weighted by Crippen LogP contribution is -1.95. The fraction of sp³-hybridized carbons (Fsp3) is 0. The molecule has 0 bridgehead atoms. The van der Waals surface area contributed by atoms with Gasteiger partial charge in [-0.15, -0.1) is 0 Å². The second kappa shape index (κ2) is 17.9. The van der Waals surface area contributed by atoms with Gasteiger partial charge < -0.3 is 8.98 Å². The van der Waals surface area contributed by atoms with Crippen LogP contribution in [-0.2, 0) is 0 Å². The van der Waals surface area contributed by atoms with Crippen molar-refractivity contribution in [3.63, 3.8) is 0 Å². The SMILES string of the molecule is c1ccc(-c2cc(-c3ccccc3)c3oc4c(-c5ccc6c(c5)c5ccccc5n6-c5cccc(-c6ccc7c(-c8ccccc8)c8ccccc8c(-c8ccccc8)c7c6)c5)cc(-c5ccccc5)cc4c3c2)cc1. The van der Waals surface area contributed by atoms with Crippen LogP contribution in [0.2, 0.25) is 0 Å². The molecule has 0 amide bonds. The molecule has 13 aromatic carbocycles. The van der Waals surface area contributed by atoms with Gasteiger partial charge in [-0.05, 0) is 149 Å². The van der Waals surface area contributed by atoms with Gasteiger partial charge in [0.05, 0.1) is 11.0 Å². The summed E-state index contributed by atoms with van der Waals surface area (Å²) < 4.78 is 9.67. The van der Waals surface area contributed by atoms with Crippen LogP contribution in [0.3, 0.4) is 0 Å². The molecule has 15 rings (SSSR count). The predicted octanol–water partition coefficient (Wildman–Crippen LogP) is 20.7. The van der Waals surface area contributed by atoms with E-state index in [1.54, 1.807) is 0 Å². The van der Waals surface area contributed by atoms with Crippen molar-refractivity contribution in [3.8, 4) is 83.6 Å². The summed E-state index contributed by atoms with van der Waals surface area (Å²) in [5, 5.41) is 9.55. The fourth-order valence-electron chi connectivity index (χ4n) is 12.1. The molecule has 0 radical (unpaired) electrons. The number of fused-ring (bicyclic) bond motifs is 8. The third kappa shape index (κ3) is 7.18. The van der Waals surface area contributed by atoms with Gasteiger partial charge in [0.25, 0.3) is 0 Å². The summed E-state index contributed by atoms with van der Waals surface area (Å²) in [7, 11) is 0. The van der Waals surface area contributed by atoms with Crippen molar-refractivity contribution in [1.82, 2.24) is 4.57 Å². The minimum absolute atomic E-state index is 0.877. The molecule has 0 aliphatic carbocycles. The van der Waals surface area contributed by atoms with Gasteiger partial charge in [-0.25, -0.2) is 0 Å². The quantitative estimate of drug-likeness (QED) is 0.139. The summed E-state index contributed by atoms with van der Waals surface area (Å²) in [6.45, 7) is 0. The summed E-state index contributed by atoms with van der Waals surface area (Å²) in [6, 6.07) is 104. The molecule has 0 aliphatic heterocycles. The molecule has 0 aliphatic rings. The number of benzene rings is 13. The van der Waals surface area contributed by atoms with E-state index in [1.807, 2.05) is 0 Å². The third-order valence-corrected chi connectivity index (χ3v) is 15.5. The van der Waals surface area contributed by atoms with Gasteiger partial charge in [0.15, 0.2) is 0 Å². The van der Waals surface area contributed by atoms with Gasteiger partial charge in [-0.1, -0.05) is 224 Å². The maximum Gasteiger partial charge on any atom is 0.143 e. The summed E-state index contributed by atoms with van der Waals surface area (Å²) in [5.41, 5.74) is 21.4. The van der Waals surface area contributed by atoms with Crippen LogP contribution in [0.1, 0.15) is 0 Å². The maximum atomic E-state index is 7.24. The van der Waals surface area contributed by atoms with Crippen LogP contribution in [0.5, 0.6) is 0 Å². The number of furan rings is 1. The monoisotopic (exact) mass is 965 g/mol. The molecule has 0 fully saturated rings.